The average Bonchev–Trinajstić information content (AvgIpc) is 2.78. The monoisotopic (exact) mass is 229 g/mol. The van der Waals surface area contributed by atoms with E-state index in [0.29, 0.717) is 0 Å². The number of ketones is 1. The van der Waals surface area contributed by atoms with Crippen molar-refractivity contribution >= 4 is 5.78 Å². The Balaban J connectivity index is 2.33. The Morgan fingerprint density at radius 3 is 2.59 bits per heavy atom. The van der Waals surface area contributed by atoms with Gasteiger partial charge in [-0.25, -0.2) is 4.68 Å². The van der Waals surface area contributed by atoms with E-state index >= 15 is 0 Å². The summed E-state index contributed by atoms with van der Waals surface area (Å²) in [6.07, 6.45) is 2.76. The van der Waals surface area contributed by atoms with E-state index in [4.69, 9.17) is 0 Å². The summed E-state index contributed by atoms with van der Waals surface area (Å²) in [6, 6.07) is 7.53. The van der Waals surface area contributed by atoms with Crippen molar-refractivity contribution in [3.8, 4) is 11.3 Å². The molecule has 0 aliphatic heterocycles. The number of benzene rings is 1. The molecule has 0 fully saturated rings. The molecule has 1 heterocycles. The summed E-state index contributed by atoms with van der Waals surface area (Å²) in [7, 11) is 0. The van der Waals surface area contributed by atoms with Crippen LogP contribution in [0.4, 0.5) is 0 Å². The number of Topliss-reactive ketones (excluding diaryl/α,β-unsaturated/α-hetero) is 1. The van der Waals surface area contributed by atoms with Crippen LogP contribution in [0.1, 0.15) is 30.6 Å². The molecule has 4 nitrogen and oxygen atoms in total. The lowest BCUT2D eigenvalue weighted by Gasteiger charge is -2.05. The Kier molecular flexibility index (Phi) is 3.32. The van der Waals surface area contributed by atoms with E-state index in [0.717, 1.165) is 29.8 Å². The second-order valence-electron chi connectivity index (χ2n) is 3.98. The van der Waals surface area contributed by atoms with Crippen LogP contribution >= 0.6 is 0 Å². The van der Waals surface area contributed by atoms with Crippen LogP contribution in [-0.2, 0) is 6.54 Å². The number of nitrogens with zero attached hydrogens (tertiary/aromatic N) is 3. The number of hydrogen-bond acceptors (Lipinski definition) is 3. The number of carbonyl (C=O) groups excluding carboxylic acids is 1. The van der Waals surface area contributed by atoms with Crippen LogP contribution in [0.3, 0.4) is 0 Å². The van der Waals surface area contributed by atoms with E-state index in [1.54, 1.807) is 13.1 Å². The third kappa shape index (κ3) is 2.41. The highest BCUT2D eigenvalue weighted by atomic mass is 16.1. The second kappa shape index (κ2) is 4.91. The number of aromatic nitrogens is 3. The third-order valence-electron chi connectivity index (χ3n) is 2.64. The predicted molar refractivity (Wildman–Crippen MR) is 65.8 cm³/mol. The standard InChI is InChI=1S/C13H15N3O/c1-3-8-16-13(9-14-15-16)12-6-4-11(5-7-12)10(2)17/h4-7,9H,3,8H2,1-2H3. The number of carbonyl (C=O) groups is 1. The summed E-state index contributed by atoms with van der Waals surface area (Å²) in [5, 5.41) is 7.96. The molecular formula is C13H15N3O. The van der Waals surface area contributed by atoms with Gasteiger partial charge in [-0.05, 0) is 13.3 Å². The van der Waals surface area contributed by atoms with Crippen molar-refractivity contribution in [3.05, 3.63) is 36.0 Å². The summed E-state index contributed by atoms with van der Waals surface area (Å²) in [6.45, 7) is 4.52. The molecule has 0 unspecified atom stereocenters. The van der Waals surface area contributed by atoms with Crippen LogP contribution in [-0.4, -0.2) is 20.8 Å². The number of hydrogen-bond donors (Lipinski definition) is 0. The van der Waals surface area contributed by atoms with E-state index in [1.807, 2.05) is 28.9 Å². The molecule has 1 aromatic heterocycles. The van der Waals surface area contributed by atoms with Crippen molar-refractivity contribution in [1.82, 2.24) is 15.0 Å². The van der Waals surface area contributed by atoms with Crippen LogP contribution < -0.4 is 0 Å². The van der Waals surface area contributed by atoms with Crippen LogP contribution in [0.15, 0.2) is 30.5 Å². The summed E-state index contributed by atoms with van der Waals surface area (Å²) < 4.78 is 1.88. The molecule has 0 saturated heterocycles. The highest BCUT2D eigenvalue weighted by Gasteiger charge is 2.06. The van der Waals surface area contributed by atoms with Gasteiger partial charge < -0.3 is 0 Å². The first-order valence-electron chi connectivity index (χ1n) is 5.72. The van der Waals surface area contributed by atoms with Gasteiger partial charge in [-0.3, -0.25) is 4.79 Å². The summed E-state index contributed by atoms with van der Waals surface area (Å²) >= 11 is 0. The Bertz CT molecular complexity index is 514. The summed E-state index contributed by atoms with van der Waals surface area (Å²) in [4.78, 5) is 11.2. The van der Waals surface area contributed by atoms with Crippen molar-refractivity contribution in [2.24, 2.45) is 0 Å². The SMILES string of the molecule is CCCn1nncc1-c1ccc(C(C)=O)cc1. The first kappa shape index (κ1) is 11.5. The van der Waals surface area contributed by atoms with Crippen LogP contribution in [0, 0.1) is 0 Å². The van der Waals surface area contributed by atoms with Gasteiger partial charge in [-0.2, -0.15) is 0 Å². The predicted octanol–water partition coefficient (Wildman–Crippen LogP) is 2.56. The first-order valence-corrected chi connectivity index (χ1v) is 5.72. The molecule has 0 bridgehead atoms. The Hall–Kier alpha value is -1.97. The number of aryl methyl sites for hydroxylation is 1. The third-order valence-corrected chi connectivity index (χ3v) is 2.64. The van der Waals surface area contributed by atoms with Crippen molar-refractivity contribution in [1.29, 1.82) is 0 Å². The van der Waals surface area contributed by atoms with Gasteiger partial charge in [0.25, 0.3) is 0 Å². The van der Waals surface area contributed by atoms with E-state index in [9.17, 15) is 4.79 Å². The summed E-state index contributed by atoms with van der Waals surface area (Å²) in [5.74, 6) is 0.0803. The molecule has 88 valence electrons. The lowest BCUT2D eigenvalue weighted by molar-refractivity contribution is 0.101. The first-order chi connectivity index (χ1) is 8.22. The van der Waals surface area contributed by atoms with Gasteiger partial charge in [0.15, 0.2) is 5.78 Å². The van der Waals surface area contributed by atoms with Gasteiger partial charge >= 0.3 is 0 Å². The minimum absolute atomic E-state index is 0.0803. The van der Waals surface area contributed by atoms with Crippen LogP contribution in [0.25, 0.3) is 11.3 Å². The second-order valence-corrected chi connectivity index (χ2v) is 3.98. The molecule has 2 rings (SSSR count). The fraction of sp³-hybridized carbons (Fsp3) is 0.308. The fourth-order valence-electron chi connectivity index (χ4n) is 1.73. The number of rotatable bonds is 4. The maximum Gasteiger partial charge on any atom is 0.159 e. The lowest BCUT2D eigenvalue weighted by Crippen LogP contribution is -2.01. The van der Waals surface area contributed by atoms with E-state index in [1.165, 1.54) is 0 Å². The molecule has 1 aromatic carbocycles. The minimum atomic E-state index is 0.0803. The molecule has 0 aliphatic rings. The smallest absolute Gasteiger partial charge is 0.159 e. The molecule has 2 aromatic rings. The van der Waals surface area contributed by atoms with Gasteiger partial charge in [0.1, 0.15) is 0 Å². The van der Waals surface area contributed by atoms with E-state index in [-0.39, 0.29) is 5.78 Å². The van der Waals surface area contributed by atoms with Crippen LogP contribution in [0.2, 0.25) is 0 Å². The molecule has 0 spiro atoms. The Morgan fingerprint density at radius 2 is 2.00 bits per heavy atom. The molecule has 0 radical (unpaired) electrons. The highest BCUT2D eigenvalue weighted by Crippen LogP contribution is 2.19. The van der Waals surface area contributed by atoms with Gasteiger partial charge in [-0.1, -0.05) is 36.4 Å². The van der Waals surface area contributed by atoms with Crippen molar-refractivity contribution in [2.75, 3.05) is 0 Å². The van der Waals surface area contributed by atoms with Gasteiger partial charge in [0.05, 0.1) is 11.9 Å². The molecule has 0 atom stereocenters. The molecule has 0 amide bonds. The largest absolute Gasteiger partial charge is 0.295 e. The summed E-state index contributed by atoms with van der Waals surface area (Å²) in [5.41, 5.74) is 2.75. The lowest BCUT2D eigenvalue weighted by atomic mass is 10.1. The van der Waals surface area contributed by atoms with Gasteiger partial charge in [0, 0.05) is 17.7 Å². The maximum absolute atomic E-state index is 11.2. The molecular weight excluding hydrogens is 214 g/mol. The van der Waals surface area contributed by atoms with Gasteiger partial charge in [0.2, 0.25) is 0 Å². The van der Waals surface area contributed by atoms with E-state index in [2.05, 4.69) is 17.2 Å². The van der Waals surface area contributed by atoms with Crippen molar-refractivity contribution in [2.45, 2.75) is 26.8 Å². The van der Waals surface area contributed by atoms with Crippen molar-refractivity contribution < 1.29 is 4.79 Å². The topological polar surface area (TPSA) is 47.8 Å². The van der Waals surface area contributed by atoms with Crippen LogP contribution in [0.5, 0.6) is 0 Å². The van der Waals surface area contributed by atoms with E-state index < -0.39 is 0 Å². The highest BCUT2D eigenvalue weighted by molar-refractivity contribution is 5.94. The van der Waals surface area contributed by atoms with Gasteiger partial charge in [-0.15, -0.1) is 5.10 Å². The zero-order valence-electron chi connectivity index (χ0n) is 10.1. The zero-order chi connectivity index (χ0) is 12.3. The zero-order valence-corrected chi connectivity index (χ0v) is 10.1. The quantitative estimate of drug-likeness (QED) is 0.757. The molecule has 0 N–H and O–H groups in total. The Labute approximate surface area is 100 Å². The Morgan fingerprint density at radius 1 is 1.29 bits per heavy atom. The average molecular weight is 229 g/mol. The molecule has 0 saturated carbocycles. The maximum atomic E-state index is 11.2. The molecule has 17 heavy (non-hydrogen) atoms. The fourth-order valence-corrected chi connectivity index (χ4v) is 1.73. The minimum Gasteiger partial charge on any atom is -0.295 e. The van der Waals surface area contributed by atoms with Crippen molar-refractivity contribution in [3.63, 3.8) is 0 Å². The molecule has 4 heteroatoms. The normalized spacial score (nSPS) is 10.5. The molecule has 0 aliphatic carbocycles.